The van der Waals surface area contributed by atoms with Crippen LogP contribution in [-0.2, 0) is 19.4 Å². The lowest BCUT2D eigenvalue weighted by Gasteiger charge is -2.38. The first-order chi connectivity index (χ1) is 7.31. The SMILES string of the molecule is CC1COCC(C)N1C(=O)CCS(C)(=O)=O. The summed E-state index contributed by atoms with van der Waals surface area (Å²) in [5.41, 5.74) is 0. The summed E-state index contributed by atoms with van der Waals surface area (Å²) < 4.78 is 27.3. The third-order valence-electron chi connectivity index (χ3n) is 2.64. The highest BCUT2D eigenvalue weighted by atomic mass is 32.2. The topological polar surface area (TPSA) is 63.7 Å². The smallest absolute Gasteiger partial charge is 0.224 e. The van der Waals surface area contributed by atoms with Gasteiger partial charge in [0.15, 0.2) is 0 Å². The Hall–Kier alpha value is -0.620. The van der Waals surface area contributed by atoms with Gasteiger partial charge in [0.2, 0.25) is 5.91 Å². The van der Waals surface area contributed by atoms with Crippen molar-refractivity contribution in [1.29, 1.82) is 0 Å². The molecular weight excluding hydrogens is 230 g/mol. The molecule has 94 valence electrons. The lowest BCUT2D eigenvalue weighted by molar-refractivity contribution is -0.143. The van der Waals surface area contributed by atoms with Crippen LogP contribution in [-0.4, -0.2) is 56.5 Å². The summed E-state index contributed by atoms with van der Waals surface area (Å²) in [6, 6.07) is 0.0478. The van der Waals surface area contributed by atoms with Crippen LogP contribution in [0.5, 0.6) is 0 Å². The summed E-state index contributed by atoms with van der Waals surface area (Å²) in [6.45, 7) is 4.87. The number of rotatable bonds is 3. The van der Waals surface area contributed by atoms with Crippen LogP contribution in [0.1, 0.15) is 20.3 Å². The van der Waals surface area contributed by atoms with E-state index in [4.69, 9.17) is 4.74 Å². The number of carbonyl (C=O) groups excluding carboxylic acids is 1. The summed E-state index contributed by atoms with van der Waals surface area (Å²) in [7, 11) is -3.07. The van der Waals surface area contributed by atoms with E-state index in [0.717, 1.165) is 6.26 Å². The van der Waals surface area contributed by atoms with Crippen molar-refractivity contribution in [3.05, 3.63) is 0 Å². The van der Waals surface area contributed by atoms with Gasteiger partial charge in [-0.25, -0.2) is 8.42 Å². The van der Waals surface area contributed by atoms with E-state index in [1.165, 1.54) is 0 Å². The van der Waals surface area contributed by atoms with E-state index < -0.39 is 9.84 Å². The normalized spacial score (nSPS) is 26.8. The van der Waals surface area contributed by atoms with Crippen LogP contribution in [0.3, 0.4) is 0 Å². The molecule has 1 aliphatic heterocycles. The quantitative estimate of drug-likeness (QED) is 0.709. The van der Waals surface area contributed by atoms with E-state index in [-0.39, 0.29) is 30.2 Å². The first-order valence-corrected chi connectivity index (χ1v) is 7.44. The lowest BCUT2D eigenvalue weighted by Crippen LogP contribution is -2.52. The predicted octanol–water partition coefficient (Wildman–Crippen LogP) is 0.0569. The number of amides is 1. The number of nitrogens with zero attached hydrogens (tertiary/aromatic N) is 1. The van der Waals surface area contributed by atoms with Gasteiger partial charge in [-0.1, -0.05) is 0 Å². The molecule has 0 aliphatic carbocycles. The maximum absolute atomic E-state index is 11.9. The van der Waals surface area contributed by atoms with Gasteiger partial charge in [-0.05, 0) is 13.8 Å². The highest BCUT2D eigenvalue weighted by Crippen LogP contribution is 2.14. The number of ether oxygens (including phenoxy) is 1. The molecule has 1 saturated heterocycles. The molecule has 1 fully saturated rings. The van der Waals surface area contributed by atoms with Crippen molar-refractivity contribution in [2.24, 2.45) is 0 Å². The molecule has 0 bridgehead atoms. The average molecular weight is 249 g/mol. The van der Waals surface area contributed by atoms with Gasteiger partial charge in [0, 0.05) is 12.7 Å². The summed E-state index contributed by atoms with van der Waals surface area (Å²) in [4.78, 5) is 13.6. The van der Waals surface area contributed by atoms with Crippen LogP contribution in [0, 0.1) is 0 Å². The fraction of sp³-hybridized carbons (Fsp3) is 0.900. The molecule has 6 heteroatoms. The monoisotopic (exact) mass is 249 g/mol. The number of sulfone groups is 1. The van der Waals surface area contributed by atoms with Crippen LogP contribution in [0.25, 0.3) is 0 Å². The molecule has 16 heavy (non-hydrogen) atoms. The maximum Gasteiger partial charge on any atom is 0.224 e. The molecular formula is C10H19NO4S. The van der Waals surface area contributed by atoms with Crippen molar-refractivity contribution in [1.82, 2.24) is 4.90 Å². The summed E-state index contributed by atoms with van der Waals surface area (Å²) in [5.74, 6) is -0.184. The summed E-state index contributed by atoms with van der Waals surface area (Å²) in [5, 5.41) is 0. The number of morpholine rings is 1. The second-order valence-corrected chi connectivity index (χ2v) is 6.68. The van der Waals surface area contributed by atoms with Crippen molar-refractivity contribution in [3.8, 4) is 0 Å². The van der Waals surface area contributed by atoms with Crippen LogP contribution in [0.15, 0.2) is 0 Å². The number of carbonyl (C=O) groups is 1. The van der Waals surface area contributed by atoms with Gasteiger partial charge < -0.3 is 9.64 Å². The molecule has 1 heterocycles. The third-order valence-corrected chi connectivity index (χ3v) is 3.59. The molecule has 0 aromatic heterocycles. The standard InChI is InChI=1S/C10H19NO4S/c1-8-6-15-7-9(2)11(8)10(12)4-5-16(3,13)14/h8-9H,4-7H2,1-3H3. The van der Waals surface area contributed by atoms with Gasteiger partial charge in [0.05, 0.1) is 31.1 Å². The third kappa shape index (κ3) is 3.75. The molecule has 0 aromatic carbocycles. The minimum atomic E-state index is -3.07. The first-order valence-electron chi connectivity index (χ1n) is 5.38. The van der Waals surface area contributed by atoms with Crippen molar-refractivity contribution >= 4 is 15.7 Å². The summed E-state index contributed by atoms with van der Waals surface area (Å²) >= 11 is 0. The Morgan fingerprint density at radius 2 is 1.81 bits per heavy atom. The molecule has 1 rings (SSSR count). The zero-order valence-electron chi connectivity index (χ0n) is 9.97. The van der Waals surface area contributed by atoms with Crippen molar-refractivity contribution < 1.29 is 17.9 Å². The van der Waals surface area contributed by atoms with Crippen LogP contribution < -0.4 is 0 Å². The van der Waals surface area contributed by atoms with E-state index in [2.05, 4.69) is 0 Å². The lowest BCUT2D eigenvalue weighted by atomic mass is 10.1. The van der Waals surface area contributed by atoms with Gasteiger partial charge in [0.1, 0.15) is 9.84 Å². The zero-order valence-corrected chi connectivity index (χ0v) is 10.8. The maximum atomic E-state index is 11.9. The van der Waals surface area contributed by atoms with E-state index in [1.54, 1.807) is 4.90 Å². The molecule has 5 nitrogen and oxygen atoms in total. The van der Waals surface area contributed by atoms with Gasteiger partial charge in [-0.2, -0.15) is 0 Å². The molecule has 1 aliphatic rings. The minimum absolute atomic E-state index is 0.0239. The van der Waals surface area contributed by atoms with Crippen LogP contribution >= 0.6 is 0 Å². The van der Waals surface area contributed by atoms with Crippen molar-refractivity contribution in [2.75, 3.05) is 25.2 Å². The van der Waals surface area contributed by atoms with Crippen molar-refractivity contribution in [3.63, 3.8) is 0 Å². The van der Waals surface area contributed by atoms with E-state index in [0.29, 0.717) is 13.2 Å². The highest BCUT2D eigenvalue weighted by molar-refractivity contribution is 7.90. The molecule has 2 unspecified atom stereocenters. The van der Waals surface area contributed by atoms with Crippen LogP contribution in [0.4, 0.5) is 0 Å². The van der Waals surface area contributed by atoms with Crippen molar-refractivity contribution in [2.45, 2.75) is 32.4 Å². The minimum Gasteiger partial charge on any atom is -0.377 e. The Balaban J connectivity index is 2.58. The molecule has 0 N–H and O–H groups in total. The fourth-order valence-electron chi connectivity index (χ4n) is 1.90. The second kappa shape index (κ2) is 5.14. The van der Waals surface area contributed by atoms with E-state index in [1.807, 2.05) is 13.8 Å². The Bertz CT molecular complexity index is 342. The largest absolute Gasteiger partial charge is 0.377 e. The Labute approximate surface area is 96.7 Å². The van der Waals surface area contributed by atoms with Gasteiger partial charge in [-0.15, -0.1) is 0 Å². The zero-order chi connectivity index (χ0) is 12.3. The average Bonchev–Trinajstić information content (AvgIpc) is 2.13. The predicted molar refractivity (Wildman–Crippen MR) is 60.9 cm³/mol. The molecule has 2 atom stereocenters. The molecule has 0 saturated carbocycles. The van der Waals surface area contributed by atoms with E-state index in [9.17, 15) is 13.2 Å². The Morgan fingerprint density at radius 3 is 2.25 bits per heavy atom. The van der Waals surface area contributed by atoms with Gasteiger partial charge in [0.25, 0.3) is 0 Å². The molecule has 0 aromatic rings. The number of hydrogen-bond acceptors (Lipinski definition) is 4. The second-order valence-electron chi connectivity index (χ2n) is 4.42. The molecule has 1 amide bonds. The summed E-state index contributed by atoms with van der Waals surface area (Å²) in [6.07, 6.45) is 1.21. The first kappa shape index (κ1) is 13.4. The van der Waals surface area contributed by atoms with Crippen LogP contribution in [0.2, 0.25) is 0 Å². The Kier molecular flexibility index (Phi) is 4.32. The molecule has 0 spiro atoms. The van der Waals surface area contributed by atoms with E-state index >= 15 is 0 Å². The fourth-order valence-corrected chi connectivity index (χ4v) is 2.44. The molecule has 0 radical (unpaired) electrons. The highest BCUT2D eigenvalue weighted by Gasteiger charge is 2.29. The Morgan fingerprint density at radius 1 is 1.31 bits per heavy atom. The van der Waals surface area contributed by atoms with Gasteiger partial charge >= 0.3 is 0 Å². The number of hydrogen-bond donors (Lipinski definition) is 0. The van der Waals surface area contributed by atoms with Gasteiger partial charge in [-0.3, -0.25) is 4.79 Å².